The summed E-state index contributed by atoms with van der Waals surface area (Å²) in [7, 11) is 0. The summed E-state index contributed by atoms with van der Waals surface area (Å²) in [5.74, 6) is 0. The number of hydrogen-bond acceptors (Lipinski definition) is 3. The molecular weight excluding hydrogens is 186 g/mol. The van der Waals surface area contributed by atoms with Crippen LogP contribution in [-0.2, 0) is 0 Å². The van der Waals surface area contributed by atoms with E-state index in [4.69, 9.17) is 0 Å². The summed E-state index contributed by atoms with van der Waals surface area (Å²) < 4.78 is 0. The van der Waals surface area contributed by atoms with E-state index >= 15 is 0 Å². The number of rotatable bonds is 3. The SMILES string of the molecule is CCN(C(C)C)C(C)C.c1cncnc1. The average Bonchev–Trinajstić information content (AvgIpc) is 2.21. The average molecular weight is 209 g/mol. The zero-order valence-corrected chi connectivity index (χ0v) is 10.5. The first kappa shape index (κ1) is 14.0. The Morgan fingerprint density at radius 1 is 1.00 bits per heavy atom. The number of nitrogens with zero attached hydrogens (tertiary/aromatic N) is 3. The van der Waals surface area contributed by atoms with Crippen molar-refractivity contribution in [1.29, 1.82) is 0 Å². The van der Waals surface area contributed by atoms with Crippen LogP contribution in [0.15, 0.2) is 24.8 Å². The summed E-state index contributed by atoms with van der Waals surface area (Å²) in [5.41, 5.74) is 0. The molecule has 0 aromatic carbocycles. The normalized spacial score (nSPS) is 10.4. The molecule has 3 nitrogen and oxygen atoms in total. The molecule has 1 heterocycles. The third-order valence-corrected chi connectivity index (χ3v) is 2.17. The lowest BCUT2D eigenvalue weighted by Crippen LogP contribution is -2.36. The second-order valence-electron chi connectivity index (χ2n) is 3.92. The standard InChI is InChI=1S/C8H19N.C4H4N2/c1-6-9(7(2)3)8(4)5;1-2-5-4-6-3-1/h7-8H,6H2,1-5H3;1-4H. The van der Waals surface area contributed by atoms with Crippen LogP contribution in [0.25, 0.3) is 0 Å². The van der Waals surface area contributed by atoms with Crippen molar-refractivity contribution in [3.8, 4) is 0 Å². The van der Waals surface area contributed by atoms with Crippen molar-refractivity contribution < 1.29 is 0 Å². The summed E-state index contributed by atoms with van der Waals surface area (Å²) in [4.78, 5) is 9.81. The first-order valence-electron chi connectivity index (χ1n) is 5.55. The van der Waals surface area contributed by atoms with Gasteiger partial charge in [0.2, 0.25) is 0 Å². The lowest BCUT2D eigenvalue weighted by Gasteiger charge is -2.28. The molecule has 0 saturated heterocycles. The zero-order chi connectivity index (χ0) is 11.7. The van der Waals surface area contributed by atoms with Gasteiger partial charge in [-0.25, -0.2) is 9.97 Å². The van der Waals surface area contributed by atoms with Crippen LogP contribution in [-0.4, -0.2) is 33.5 Å². The fourth-order valence-electron chi connectivity index (χ4n) is 1.58. The van der Waals surface area contributed by atoms with Crippen molar-refractivity contribution in [2.75, 3.05) is 6.54 Å². The summed E-state index contributed by atoms with van der Waals surface area (Å²) in [5, 5.41) is 0. The van der Waals surface area contributed by atoms with Gasteiger partial charge in [-0.15, -0.1) is 0 Å². The Kier molecular flexibility index (Phi) is 7.82. The van der Waals surface area contributed by atoms with Crippen LogP contribution in [0, 0.1) is 0 Å². The molecule has 3 heteroatoms. The van der Waals surface area contributed by atoms with Crippen LogP contribution < -0.4 is 0 Å². The highest BCUT2D eigenvalue weighted by atomic mass is 15.2. The molecular formula is C12H23N3. The number of aromatic nitrogens is 2. The molecule has 0 spiro atoms. The Balaban J connectivity index is 0.000000280. The van der Waals surface area contributed by atoms with Crippen LogP contribution in [0.4, 0.5) is 0 Å². The highest BCUT2D eigenvalue weighted by Crippen LogP contribution is 2.02. The smallest absolute Gasteiger partial charge is 0.115 e. The van der Waals surface area contributed by atoms with E-state index in [-0.39, 0.29) is 0 Å². The van der Waals surface area contributed by atoms with E-state index in [0.29, 0.717) is 12.1 Å². The van der Waals surface area contributed by atoms with Crippen LogP contribution in [0.5, 0.6) is 0 Å². The molecule has 0 amide bonds. The van der Waals surface area contributed by atoms with Crippen LogP contribution in [0.3, 0.4) is 0 Å². The van der Waals surface area contributed by atoms with Crippen LogP contribution in [0.1, 0.15) is 34.6 Å². The lowest BCUT2D eigenvalue weighted by atomic mass is 10.2. The van der Waals surface area contributed by atoms with Gasteiger partial charge in [-0.1, -0.05) is 6.92 Å². The van der Waals surface area contributed by atoms with Gasteiger partial charge in [-0.2, -0.15) is 0 Å². The van der Waals surface area contributed by atoms with Gasteiger partial charge in [0.15, 0.2) is 0 Å². The summed E-state index contributed by atoms with van der Waals surface area (Å²) in [6.07, 6.45) is 4.88. The Hall–Kier alpha value is -0.960. The Bertz CT molecular complexity index is 187. The Morgan fingerprint density at radius 3 is 1.53 bits per heavy atom. The van der Waals surface area contributed by atoms with Crippen molar-refractivity contribution in [3.63, 3.8) is 0 Å². The van der Waals surface area contributed by atoms with Crippen molar-refractivity contribution in [2.45, 2.75) is 46.7 Å². The van der Waals surface area contributed by atoms with E-state index in [1.54, 1.807) is 18.5 Å². The Labute approximate surface area is 93.6 Å². The van der Waals surface area contributed by atoms with Gasteiger partial charge in [0, 0.05) is 24.5 Å². The fourth-order valence-corrected chi connectivity index (χ4v) is 1.58. The van der Waals surface area contributed by atoms with Gasteiger partial charge in [-0.05, 0) is 40.3 Å². The van der Waals surface area contributed by atoms with E-state index in [0.717, 1.165) is 6.54 Å². The van der Waals surface area contributed by atoms with E-state index < -0.39 is 0 Å². The molecule has 0 fully saturated rings. The summed E-state index contributed by atoms with van der Waals surface area (Å²) in [6.45, 7) is 12.3. The maximum Gasteiger partial charge on any atom is 0.115 e. The van der Waals surface area contributed by atoms with E-state index in [9.17, 15) is 0 Å². The molecule has 0 aliphatic heterocycles. The van der Waals surface area contributed by atoms with Crippen LogP contribution >= 0.6 is 0 Å². The monoisotopic (exact) mass is 209 g/mol. The van der Waals surface area contributed by atoms with E-state index in [1.165, 1.54) is 6.33 Å². The van der Waals surface area contributed by atoms with Gasteiger partial charge in [0.1, 0.15) is 6.33 Å². The predicted octanol–water partition coefficient (Wildman–Crippen LogP) is 2.60. The first-order chi connectivity index (χ1) is 7.09. The fraction of sp³-hybridized carbons (Fsp3) is 0.667. The molecule has 0 aliphatic carbocycles. The topological polar surface area (TPSA) is 29.0 Å². The third-order valence-electron chi connectivity index (χ3n) is 2.17. The molecule has 0 bridgehead atoms. The quantitative estimate of drug-likeness (QED) is 0.766. The molecule has 0 aliphatic rings. The summed E-state index contributed by atoms with van der Waals surface area (Å²) in [6, 6.07) is 3.16. The van der Waals surface area contributed by atoms with Gasteiger partial charge in [0.05, 0.1) is 0 Å². The molecule has 0 saturated carbocycles. The molecule has 0 N–H and O–H groups in total. The third kappa shape index (κ3) is 7.03. The second-order valence-corrected chi connectivity index (χ2v) is 3.92. The maximum atomic E-state index is 3.67. The maximum absolute atomic E-state index is 3.67. The van der Waals surface area contributed by atoms with Crippen molar-refractivity contribution in [2.24, 2.45) is 0 Å². The van der Waals surface area contributed by atoms with Gasteiger partial charge < -0.3 is 0 Å². The second kappa shape index (κ2) is 8.36. The first-order valence-corrected chi connectivity index (χ1v) is 5.55. The van der Waals surface area contributed by atoms with Crippen molar-refractivity contribution >= 4 is 0 Å². The van der Waals surface area contributed by atoms with Crippen molar-refractivity contribution in [1.82, 2.24) is 14.9 Å². The van der Waals surface area contributed by atoms with E-state index in [2.05, 4.69) is 49.5 Å². The predicted molar refractivity (Wildman–Crippen MR) is 64.7 cm³/mol. The molecule has 15 heavy (non-hydrogen) atoms. The van der Waals surface area contributed by atoms with E-state index in [1.807, 2.05) is 0 Å². The molecule has 0 radical (unpaired) electrons. The molecule has 1 rings (SSSR count). The largest absolute Gasteiger partial charge is 0.299 e. The molecule has 1 aromatic heterocycles. The highest BCUT2D eigenvalue weighted by Gasteiger charge is 2.08. The molecule has 1 aromatic rings. The van der Waals surface area contributed by atoms with Gasteiger partial charge in [0.25, 0.3) is 0 Å². The van der Waals surface area contributed by atoms with Gasteiger partial charge in [-0.3, -0.25) is 4.90 Å². The molecule has 0 unspecified atom stereocenters. The lowest BCUT2D eigenvalue weighted by molar-refractivity contribution is 0.185. The van der Waals surface area contributed by atoms with Crippen LogP contribution in [0.2, 0.25) is 0 Å². The Morgan fingerprint density at radius 2 is 1.47 bits per heavy atom. The minimum Gasteiger partial charge on any atom is -0.299 e. The highest BCUT2D eigenvalue weighted by molar-refractivity contribution is 4.74. The minimum absolute atomic E-state index is 0.690. The zero-order valence-electron chi connectivity index (χ0n) is 10.5. The summed E-state index contributed by atoms with van der Waals surface area (Å²) >= 11 is 0. The minimum atomic E-state index is 0.690. The van der Waals surface area contributed by atoms with Crippen molar-refractivity contribution in [3.05, 3.63) is 24.8 Å². The molecule has 0 atom stereocenters. The van der Waals surface area contributed by atoms with Gasteiger partial charge >= 0.3 is 0 Å². The molecule has 86 valence electrons. The number of hydrogen-bond donors (Lipinski definition) is 0.